The van der Waals surface area contributed by atoms with Crippen LogP contribution < -0.4 is 10.9 Å². The Labute approximate surface area is 181 Å². The van der Waals surface area contributed by atoms with E-state index in [2.05, 4.69) is 20.4 Å². The van der Waals surface area contributed by atoms with Gasteiger partial charge in [0.25, 0.3) is 5.56 Å². The SMILES string of the molecule is Cn1nc(CC(=O)Nc2ccc3nc(-c4ccc(F)cc4)[nH]c3c2)c2ccccc2c1=O. The number of nitrogens with zero attached hydrogens (tertiary/aromatic N) is 3. The van der Waals surface area contributed by atoms with Crippen LogP contribution in [0.15, 0.2) is 71.5 Å². The number of carbonyl (C=O) groups is 1. The molecular weight excluding hydrogens is 409 g/mol. The zero-order chi connectivity index (χ0) is 22.2. The van der Waals surface area contributed by atoms with E-state index in [4.69, 9.17) is 0 Å². The molecule has 2 N–H and O–H groups in total. The van der Waals surface area contributed by atoms with E-state index in [1.807, 2.05) is 6.07 Å². The van der Waals surface area contributed by atoms with Gasteiger partial charge in [0.1, 0.15) is 11.6 Å². The van der Waals surface area contributed by atoms with Crippen LogP contribution in [0.1, 0.15) is 5.69 Å². The van der Waals surface area contributed by atoms with Gasteiger partial charge in [0, 0.05) is 23.7 Å². The number of nitrogens with one attached hydrogen (secondary N) is 2. The third-order valence-corrected chi connectivity index (χ3v) is 5.24. The Morgan fingerprint density at radius 3 is 2.59 bits per heavy atom. The van der Waals surface area contributed by atoms with E-state index in [1.165, 1.54) is 16.8 Å². The lowest BCUT2D eigenvalue weighted by Gasteiger charge is -2.09. The van der Waals surface area contributed by atoms with Gasteiger partial charge in [-0.05, 0) is 48.5 Å². The van der Waals surface area contributed by atoms with Crippen LogP contribution in [-0.4, -0.2) is 25.7 Å². The first-order valence-corrected chi connectivity index (χ1v) is 9.98. The highest BCUT2D eigenvalue weighted by atomic mass is 19.1. The Balaban J connectivity index is 1.39. The summed E-state index contributed by atoms with van der Waals surface area (Å²) in [6, 6.07) is 18.5. The molecule has 0 bridgehead atoms. The van der Waals surface area contributed by atoms with E-state index in [0.717, 1.165) is 16.6 Å². The van der Waals surface area contributed by atoms with Gasteiger partial charge in [0.2, 0.25) is 5.91 Å². The zero-order valence-electron chi connectivity index (χ0n) is 17.1. The Morgan fingerprint density at radius 2 is 1.81 bits per heavy atom. The summed E-state index contributed by atoms with van der Waals surface area (Å²) in [5.74, 6) is 0.0545. The van der Waals surface area contributed by atoms with Crippen molar-refractivity contribution in [2.75, 3.05) is 5.32 Å². The molecule has 5 rings (SSSR count). The highest BCUT2D eigenvalue weighted by Gasteiger charge is 2.13. The Morgan fingerprint density at radius 1 is 1.06 bits per heavy atom. The third-order valence-electron chi connectivity index (χ3n) is 5.24. The lowest BCUT2D eigenvalue weighted by atomic mass is 10.1. The van der Waals surface area contributed by atoms with Crippen LogP contribution in [0, 0.1) is 5.82 Å². The summed E-state index contributed by atoms with van der Waals surface area (Å²) in [6.45, 7) is 0. The molecule has 0 aliphatic carbocycles. The monoisotopic (exact) mass is 427 g/mol. The van der Waals surface area contributed by atoms with E-state index in [9.17, 15) is 14.0 Å². The second-order valence-corrected chi connectivity index (χ2v) is 7.47. The number of halogens is 1. The number of carbonyl (C=O) groups excluding carboxylic acids is 1. The van der Waals surface area contributed by atoms with E-state index in [-0.39, 0.29) is 23.7 Å². The molecule has 1 amide bonds. The molecule has 5 aromatic rings. The van der Waals surface area contributed by atoms with Crippen LogP contribution in [0.25, 0.3) is 33.2 Å². The second kappa shape index (κ2) is 7.73. The average molecular weight is 427 g/mol. The number of amides is 1. The van der Waals surface area contributed by atoms with Gasteiger partial charge in [-0.2, -0.15) is 5.10 Å². The molecule has 3 aromatic carbocycles. The smallest absolute Gasteiger partial charge is 0.274 e. The highest BCUT2D eigenvalue weighted by molar-refractivity contribution is 5.96. The summed E-state index contributed by atoms with van der Waals surface area (Å²) < 4.78 is 14.4. The van der Waals surface area contributed by atoms with Crippen molar-refractivity contribution in [3.8, 4) is 11.4 Å². The molecule has 0 radical (unpaired) electrons. The van der Waals surface area contributed by atoms with Gasteiger partial charge in [0.15, 0.2) is 0 Å². The van der Waals surface area contributed by atoms with Crippen molar-refractivity contribution in [3.05, 3.63) is 88.6 Å². The van der Waals surface area contributed by atoms with E-state index >= 15 is 0 Å². The molecule has 0 saturated carbocycles. The van der Waals surface area contributed by atoms with E-state index in [0.29, 0.717) is 28.0 Å². The summed E-state index contributed by atoms with van der Waals surface area (Å²) in [7, 11) is 1.57. The minimum atomic E-state index is -0.310. The molecule has 0 aliphatic heterocycles. The van der Waals surface area contributed by atoms with Gasteiger partial charge in [-0.3, -0.25) is 9.59 Å². The van der Waals surface area contributed by atoms with Crippen molar-refractivity contribution >= 4 is 33.4 Å². The Hall–Kier alpha value is -4.33. The maximum absolute atomic E-state index is 13.2. The molecule has 0 fully saturated rings. The van der Waals surface area contributed by atoms with Crippen molar-refractivity contribution < 1.29 is 9.18 Å². The number of hydrogen-bond donors (Lipinski definition) is 2. The molecule has 0 saturated heterocycles. The van der Waals surface area contributed by atoms with Gasteiger partial charge in [-0.25, -0.2) is 14.1 Å². The fraction of sp³-hybridized carbons (Fsp3) is 0.0833. The zero-order valence-corrected chi connectivity index (χ0v) is 17.1. The fourth-order valence-electron chi connectivity index (χ4n) is 3.70. The molecule has 32 heavy (non-hydrogen) atoms. The van der Waals surface area contributed by atoms with Crippen molar-refractivity contribution in [2.45, 2.75) is 6.42 Å². The van der Waals surface area contributed by atoms with Gasteiger partial charge < -0.3 is 10.3 Å². The fourth-order valence-corrected chi connectivity index (χ4v) is 3.70. The molecule has 158 valence electrons. The summed E-state index contributed by atoms with van der Waals surface area (Å²) in [6.07, 6.45) is 0.0243. The highest BCUT2D eigenvalue weighted by Crippen LogP contribution is 2.23. The minimum Gasteiger partial charge on any atom is -0.338 e. The summed E-state index contributed by atoms with van der Waals surface area (Å²) in [5, 5.41) is 8.34. The van der Waals surface area contributed by atoms with Gasteiger partial charge in [-0.15, -0.1) is 0 Å². The Bertz CT molecular complexity index is 1540. The van der Waals surface area contributed by atoms with Crippen LogP contribution in [0.4, 0.5) is 10.1 Å². The third kappa shape index (κ3) is 3.62. The first-order valence-electron chi connectivity index (χ1n) is 9.98. The standard InChI is InChI=1S/C24H18FN5O2/c1-30-24(32)18-5-3-2-4-17(18)20(29-30)13-22(31)26-16-10-11-19-21(12-16)28-23(27-19)14-6-8-15(25)9-7-14/h2-12H,13H2,1H3,(H,26,31)(H,27,28). The van der Waals surface area contributed by atoms with Crippen molar-refractivity contribution in [1.82, 2.24) is 19.7 Å². The van der Waals surface area contributed by atoms with Crippen LogP contribution >= 0.6 is 0 Å². The van der Waals surface area contributed by atoms with Crippen molar-refractivity contribution in [2.24, 2.45) is 7.05 Å². The number of hydrogen-bond acceptors (Lipinski definition) is 4. The number of rotatable bonds is 4. The molecule has 0 aliphatic rings. The molecular formula is C24H18FN5O2. The maximum atomic E-state index is 13.2. The summed E-state index contributed by atoms with van der Waals surface area (Å²) >= 11 is 0. The van der Waals surface area contributed by atoms with Crippen molar-refractivity contribution in [3.63, 3.8) is 0 Å². The quantitative estimate of drug-likeness (QED) is 0.456. The van der Waals surface area contributed by atoms with Crippen LogP contribution in [0.5, 0.6) is 0 Å². The molecule has 0 unspecified atom stereocenters. The lowest BCUT2D eigenvalue weighted by molar-refractivity contribution is -0.115. The summed E-state index contributed by atoms with van der Waals surface area (Å²) in [4.78, 5) is 32.7. The average Bonchev–Trinajstić information content (AvgIpc) is 3.21. The molecule has 2 heterocycles. The van der Waals surface area contributed by atoms with Gasteiger partial charge >= 0.3 is 0 Å². The number of fused-ring (bicyclic) bond motifs is 2. The predicted octanol–water partition coefficient (Wildman–Crippen LogP) is 3.80. The number of benzene rings is 3. The number of aromatic amines is 1. The Kier molecular flexibility index (Phi) is 4.74. The molecule has 0 atom stereocenters. The van der Waals surface area contributed by atoms with Crippen LogP contribution in [0.3, 0.4) is 0 Å². The van der Waals surface area contributed by atoms with E-state index in [1.54, 1.807) is 55.6 Å². The topological polar surface area (TPSA) is 92.7 Å². The normalized spacial score (nSPS) is 11.2. The van der Waals surface area contributed by atoms with Crippen LogP contribution in [0.2, 0.25) is 0 Å². The number of anilines is 1. The summed E-state index contributed by atoms with van der Waals surface area (Å²) in [5.41, 5.74) is 3.17. The van der Waals surface area contributed by atoms with E-state index < -0.39 is 0 Å². The molecule has 2 aromatic heterocycles. The molecule has 0 spiro atoms. The maximum Gasteiger partial charge on any atom is 0.274 e. The van der Waals surface area contributed by atoms with Gasteiger partial charge in [0.05, 0.1) is 28.5 Å². The number of aryl methyl sites for hydroxylation is 1. The molecule has 8 heteroatoms. The number of H-pyrrole nitrogens is 1. The first-order chi connectivity index (χ1) is 15.5. The minimum absolute atomic E-state index is 0.0243. The van der Waals surface area contributed by atoms with Gasteiger partial charge in [-0.1, -0.05) is 18.2 Å². The largest absolute Gasteiger partial charge is 0.338 e. The van der Waals surface area contributed by atoms with Crippen LogP contribution in [-0.2, 0) is 18.3 Å². The predicted molar refractivity (Wildman–Crippen MR) is 121 cm³/mol. The second-order valence-electron chi connectivity index (χ2n) is 7.47. The lowest BCUT2D eigenvalue weighted by Crippen LogP contribution is -2.24. The first kappa shape index (κ1) is 19.6. The molecule has 7 nitrogen and oxygen atoms in total. The number of imidazole rings is 1. The van der Waals surface area contributed by atoms with Crippen molar-refractivity contribution in [1.29, 1.82) is 0 Å². The number of aromatic nitrogens is 4.